The summed E-state index contributed by atoms with van der Waals surface area (Å²) in [4.78, 5) is 2.26. The lowest BCUT2D eigenvalue weighted by molar-refractivity contribution is -0.0200. The summed E-state index contributed by atoms with van der Waals surface area (Å²) in [6.45, 7) is 6.49. The van der Waals surface area contributed by atoms with Crippen molar-refractivity contribution < 1.29 is 5.11 Å². The summed E-state index contributed by atoms with van der Waals surface area (Å²) in [6.07, 6.45) is 2.55. The minimum Gasteiger partial charge on any atom is -0.300 e. The first-order valence-electron chi connectivity index (χ1n) is 4.01. The topological polar surface area (TPSA) is 23.1 Å². The van der Waals surface area contributed by atoms with Gasteiger partial charge in [-0.05, 0) is 39.8 Å². The van der Waals surface area contributed by atoms with E-state index in [0.29, 0.717) is 6.54 Å². The van der Waals surface area contributed by atoms with Crippen LogP contribution in [0.25, 0.3) is 0 Å². The molecule has 0 aromatic rings. The third kappa shape index (κ3) is 2.67. The quantitative estimate of drug-likeness (QED) is 0.569. The molecule has 59 valence electrons. The van der Waals surface area contributed by atoms with E-state index in [0.717, 1.165) is 13.1 Å². The van der Waals surface area contributed by atoms with Gasteiger partial charge in [-0.1, -0.05) is 0 Å². The van der Waals surface area contributed by atoms with Gasteiger partial charge in [0.1, 0.15) is 5.60 Å². The molecule has 1 aliphatic rings. The second-order valence-electron chi connectivity index (χ2n) is 3.74. The molecule has 2 nitrogen and oxygen atoms in total. The molecular formula is C8H16NO. The number of hydrogen-bond acceptors (Lipinski definition) is 1. The summed E-state index contributed by atoms with van der Waals surface area (Å²) in [5, 5.41) is 11.2. The van der Waals surface area contributed by atoms with Gasteiger partial charge in [0.25, 0.3) is 0 Å². The van der Waals surface area contributed by atoms with Crippen molar-refractivity contribution in [2.45, 2.75) is 32.3 Å². The highest BCUT2D eigenvalue weighted by Gasteiger charge is 2.21. The first kappa shape index (κ1) is 8.02. The van der Waals surface area contributed by atoms with E-state index in [9.17, 15) is 5.11 Å². The molecule has 0 bridgehead atoms. The lowest BCUT2D eigenvalue weighted by atomic mass is 10.1. The molecule has 0 N–H and O–H groups in total. The molecule has 1 heterocycles. The first-order chi connectivity index (χ1) is 4.58. The highest BCUT2D eigenvalue weighted by atomic mass is 16.3. The highest BCUT2D eigenvalue weighted by Crippen LogP contribution is 2.12. The third-order valence-electron chi connectivity index (χ3n) is 1.80. The Morgan fingerprint density at radius 1 is 1.30 bits per heavy atom. The highest BCUT2D eigenvalue weighted by molar-refractivity contribution is 4.74. The molecule has 0 saturated carbocycles. The lowest BCUT2D eigenvalue weighted by Gasteiger charge is -2.22. The summed E-state index contributed by atoms with van der Waals surface area (Å²) in [6, 6.07) is 0. The Morgan fingerprint density at radius 3 is 2.20 bits per heavy atom. The van der Waals surface area contributed by atoms with Crippen molar-refractivity contribution in [3.05, 3.63) is 0 Å². The van der Waals surface area contributed by atoms with Crippen molar-refractivity contribution in [2.75, 3.05) is 19.6 Å². The van der Waals surface area contributed by atoms with E-state index in [1.54, 1.807) is 13.8 Å². The summed E-state index contributed by atoms with van der Waals surface area (Å²) in [7, 11) is 0. The molecule has 0 aromatic heterocycles. The van der Waals surface area contributed by atoms with E-state index in [1.165, 1.54) is 12.8 Å². The third-order valence-corrected chi connectivity index (χ3v) is 1.80. The maximum absolute atomic E-state index is 11.2. The van der Waals surface area contributed by atoms with Gasteiger partial charge in [0.15, 0.2) is 0 Å². The van der Waals surface area contributed by atoms with Gasteiger partial charge < -0.3 is 4.90 Å². The fourth-order valence-corrected chi connectivity index (χ4v) is 1.48. The van der Waals surface area contributed by atoms with Crippen LogP contribution in [-0.2, 0) is 5.11 Å². The molecule has 0 aliphatic carbocycles. The minimum atomic E-state index is -0.760. The Labute approximate surface area is 62.8 Å². The van der Waals surface area contributed by atoms with Crippen LogP contribution in [0.2, 0.25) is 0 Å². The summed E-state index contributed by atoms with van der Waals surface area (Å²) < 4.78 is 0. The van der Waals surface area contributed by atoms with Gasteiger partial charge in [0, 0.05) is 6.54 Å². The molecule has 1 radical (unpaired) electrons. The normalized spacial score (nSPS) is 21.9. The molecule has 0 unspecified atom stereocenters. The molecule has 1 fully saturated rings. The van der Waals surface area contributed by atoms with E-state index >= 15 is 0 Å². The number of nitrogens with zero attached hydrogens (tertiary/aromatic N) is 1. The molecule has 0 amide bonds. The zero-order chi connectivity index (χ0) is 7.61. The molecular weight excluding hydrogens is 126 g/mol. The van der Waals surface area contributed by atoms with Gasteiger partial charge in [-0.15, -0.1) is 0 Å². The summed E-state index contributed by atoms with van der Waals surface area (Å²) in [5.41, 5.74) is -0.760. The average Bonchev–Trinajstić information content (AvgIpc) is 2.12. The van der Waals surface area contributed by atoms with Gasteiger partial charge in [-0.3, -0.25) is 0 Å². The average molecular weight is 142 g/mol. The van der Waals surface area contributed by atoms with Gasteiger partial charge in [0.2, 0.25) is 0 Å². The van der Waals surface area contributed by atoms with E-state index in [2.05, 4.69) is 4.90 Å². The molecule has 0 spiro atoms. The number of likely N-dealkylation sites (tertiary alicyclic amines) is 1. The van der Waals surface area contributed by atoms with Crippen molar-refractivity contribution in [1.29, 1.82) is 0 Å². The Balaban J connectivity index is 2.24. The zero-order valence-corrected chi connectivity index (χ0v) is 6.89. The molecule has 1 saturated heterocycles. The van der Waals surface area contributed by atoms with E-state index in [4.69, 9.17) is 0 Å². The molecule has 0 aromatic carbocycles. The van der Waals surface area contributed by atoms with Crippen molar-refractivity contribution in [3.8, 4) is 0 Å². The maximum atomic E-state index is 11.2. The Kier molecular flexibility index (Phi) is 2.32. The fraction of sp³-hybridized carbons (Fsp3) is 1.00. The number of rotatable bonds is 2. The second-order valence-corrected chi connectivity index (χ2v) is 3.74. The van der Waals surface area contributed by atoms with Crippen molar-refractivity contribution in [2.24, 2.45) is 0 Å². The molecule has 10 heavy (non-hydrogen) atoms. The largest absolute Gasteiger partial charge is 0.300 e. The van der Waals surface area contributed by atoms with Gasteiger partial charge in [0.05, 0.1) is 0 Å². The predicted molar refractivity (Wildman–Crippen MR) is 40.4 cm³/mol. The zero-order valence-electron chi connectivity index (χ0n) is 6.89. The van der Waals surface area contributed by atoms with Crippen LogP contribution in [0.3, 0.4) is 0 Å². The number of hydrogen-bond donors (Lipinski definition) is 0. The van der Waals surface area contributed by atoms with Crippen LogP contribution in [0.1, 0.15) is 26.7 Å². The monoisotopic (exact) mass is 142 g/mol. The van der Waals surface area contributed by atoms with Crippen LogP contribution in [0.4, 0.5) is 0 Å². The fourth-order valence-electron chi connectivity index (χ4n) is 1.48. The van der Waals surface area contributed by atoms with E-state index in [1.807, 2.05) is 0 Å². The van der Waals surface area contributed by atoms with Crippen LogP contribution in [0.15, 0.2) is 0 Å². The Bertz CT molecular complexity index is 100. The van der Waals surface area contributed by atoms with E-state index < -0.39 is 5.60 Å². The smallest absolute Gasteiger partial charge is 0.111 e. The SMILES string of the molecule is CC(C)([O])CN1CCCC1. The second kappa shape index (κ2) is 2.89. The molecule has 1 aliphatic heterocycles. The summed E-state index contributed by atoms with van der Waals surface area (Å²) in [5.74, 6) is 0. The van der Waals surface area contributed by atoms with Crippen LogP contribution in [0.5, 0.6) is 0 Å². The minimum absolute atomic E-state index is 0.715. The van der Waals surface area contributed by atoms with Crippen LogP contribution < -0.4 is 0 Å². The van der Waals surface area contributed by atoms with Crippen molar-refractivity contribution >= 4 is 0 Å². The van der Waals surface area contributed by atoms with Crippen LogP contribution >= 0.6 is 0 Å². The first-order valence-corrected chi connectivity index (χ1v) is 4.01. The molecule has 1 rings (SSSR count). The molecule has 0 atom stereocenters. The van der Waals surface area contributed by atoms with Gasteiger partial charge >= 0.3 is 0 Å². The predicted octanol–water partition coefficient (Wildman–Crippen LogP) is 1.29. The van der Waals surface area contributed by atoms with Gasteiger partial charge in [-0.25, -0.2) is 5.11 Å². The Morgan fingerprint density at radius 2 is 1.80 bits per heavy atom. The summed E-state index contributed by atoms with van der Waals surface area (Å²) >= 11 is 0. The maximum Gasteiger partial charge on any atom is 0.111 e. The van der Waals surface area contributed by atoms with Crippen molar-refractivity contribution in [1.82, 2.24) is 4.90 Å². The van der Waals surface area contributed by atoms with Gasteiger partial charge in [-0.2, -0.15) is 0 Å². The van der Waals surface area contributed by atoms with Crippen LogP contribution in [-0.4, -0.2) is 30.1 Å². The van der Waals surface area contributed by atoms with Crippen molar-refractivity contribution in [3.63, 3.8) is 0 Å². The lowest BCUT2D eigenvalue weighted by Crippen LogP contribution is -2.35. The molecule has 2 heteroatoms. The van der Waals surface area contributed by atoms with E-state index in [-0.39, 0.29) is 0 Å². The van der Waals surface area contributed by atoms with Crippen LogP contribution in [0, 0.1) is 0 Å². The standard InChI is InChI=1S/C8H16NO/c1-8(2,10)7-9-5-3-4-6-9/h3-7H2,1-2H3. The Hall–Kier alpha value is -0.0800.